The van der Waals surface area contributed by atoms with Gasteiger partial charge >= 0.3 is 0 Å². The lowest BCUT2D eigenvalue weighted by Gasteiger charge is -2.01. The van der Waals surface area contributed by atoms with Gasteiger partial charge in [-0.15, -0.1) is 0 Å². The molecule has 80 valence electrons. The maximum atomic E-state index is 8.58. The highest BCUT2D eigenvalue weighted by Crippen LogP contribution is 2.20. The Bertz CT molecular complexity index is 547. The van der Waals surface area contributed by atoms with E-state index in [2.05, 4.69) is 48.3 Å². The number of nitrogens with one attached hydrogen (secondary N) is 1. The first kappa shape index (κ1) is 10.4. The monoisotopic (exact) mass is 211 g/mol. The summed E-state index contributed by atoms with van der Waals surface area (Å²) in [5.41, 5.74) is 5.37. The number of nitriles is 1. The summed E-state index contributed by atoms with van der Waals surface area (Å²) in [5, 5.41) is 15.6. The molecule has 1 aromatic carbocycles. The minimum absolute atomic E-state index is 0.373. The van der Waals surface area contributed by atoms with Gasteiger partial charge in [-0.2, -0.15) is 10.4 Å². The molecule has 0 atom stereocenters. The molecule has 0 fully saturated rings. The molecule has 1 heterocycles. The van der Waals surface area contributed by atoms with Gasteiger partial charge < -0.3 is 0 Å². The number of benzene rings is 1. The van der Waals surface area contributed by atoms with Crippen LogP contribution in [0.2, 0.25) is 0 Å². The lowest BCUT2D eigenvalue weighted by Crippen LogP contribution is -1.83. The van der Waals surface area contributed by atoms with Crippen LogP contribution in [0.1, 0.15) is 16.8 Å². The Hall–Kier alpha value is -2.08. The van der Waals surface area contributed by atoms with Crippen LogP contribution < -0.4 is 0 Å². The van der Waals surface area contributed by atoms with Crippen LogP contribution in [0, 0.1) is 25.2 Å². The highest BCUT2D eigenvalue weighted by molar-refractivity contribution is 5.61. The maximum absolute atomic E-state index is 8.58. The van der Waals surface area contributed by atoms with E-state index in [4.69, 9.17) is 5.26 Å². The number of aryl methyl sites for hydroxylation is 2. The molecule has 0 bridgehead atoms. The highest BCUT2D eigenvalue weighted by atomic mass is 15.1. The SMILES string of the molecule is Cc1ccc(-c2cc(CC#N)[nH]n2)cc1C. The van der Waals surface area contributed by atoms with Gasteiger partial charge in [0.2, 0.25) is 0 Å². The Morgan fingerprint density at radius 2 is 2.06 bits per heavy atom. The normalized spacial score (nSPS) is 10.1. The summed E-state index contributed by atoms with van der Waals surface area (Å²) in [6, 6.07) is 10.3. The molecule has 0 aliphatic carbocycles. The van der Waals surface area contributed by atoms with Crippen LogP contribution >= 0.6 is 0 Å². The molecule has 0 aliphatic rings. The predicted molar refractivity (Wildman–Crippen MR) is 62.8 cm³/mol. The van der Waals surface area contributed by atoms with Gasteiger partial charge in [0.25, 0.3) is 0 Å². The molecule has 0 unspecified atom stereocenters. The first-order chi connectivity index (χ1) is 7.70. The second-order valence-electron chi connectivity index (χ2n) is 3.91. The Labute approximate surface area is 94.7 Å². The fraction of sp³-hybridized carbons (Fsp3) is 0.231. The van der Waals surface area contributed by atoms with Gasteiger partial charge in [0.05, 0.1) is 18.2 Å². The second kappa shape index (κ2) is 4.19. The summed E-state index contributed by atoms with van der Waals surface area (Å²) in [4.78, 5) is 0. The van der Waals surface area contributed by atoms with Crippen molar-refractivity contribution in [2.24, 2.45) is 0 Å². The molecule has 0 saturated carbocycles. The molecule has 0 aliphatic heterocycles. The molecular formula is C13H13N3. The fourth-order valence-corrected chi connectivity index (χ4v) is 1.59. The van der Waals surface area contributed by atoms with Gasteiger partial charge in [0.1, 0.15) is 0 Å². The van der Waals surface area contributed by atoms with Crippen LogP contribution in [-0.2, 0) is 6.42 Å². The smallest absolute Gasteiger partial charge is 0.0923 e. The van der Waals surface area contributed by atoms with E-state index in [-0.39, 0.29) is 0 Å². The van der Waals surface area contributed by atoms with E-state index in [1.165, 1.54) is 11.1 Å². The van der Waals surface area contributed by atoms with Crippen molar-refractivity contribution in [3.63, 3.8) is 0 Å². The zero-order chi connectivity index (χ0) is 11.5. The molecule has 16 heavy (non-hydrogen) atoms. The van der Waals surface area contributed by atoms with Crippen molar-refractivity contribution < 1.29 is 0 Å². The lowest BCUT2D eigenvalue weighted by molar-refractivity contribution is 1.02. The topological polar surface area (TPSA) is 52.5 Å². The van der Waals surface area contributed by atoms with Gasteiger partial charge in [-0.1, -0.05) is 12.1 Å². The summed E-state index contributed by atoms with van der Waals surface area (Å²) < 4.78 is 0. The number of hydrogen-bond acceptors (Lipinski definition) is 2. The van der Waals surface area contributed by atoms with Crippen molar-refractivity contribution in [2.75, 3.05) is 0 Å². The van der Waals surface area contributed by atoms with E-state index in [1.54, 1.807) is 0 Å². The van der Waals surface area contributed by atoms with Crippen LogP contribution in [0.15, 0.2) is 24.3 Å². The number of nitrogens with zero attached hydrogens (tertiary/aromatic N) is 2. The molecule has 0 amide bonds. The number of hydrogen-bond donors (Lipinski definition) is 1. The fourth-order valence-electron chi connectivity index (χ4n) is 1.59. The van der Waals surface area contributed by atoms with Crippen LogP contribution in [0.5, 0.6) is 0 Å². The van der Waals surface area contributed by atoms with Crippen LogP contribution in [0.25, 0.3) is 11.3 Å². The summed E-state index contributed by atoms with van der Waals surface area (Å²) in [6.45, 7) is 4.17. The van der Waals surface area contributed by atoms with Gasteiger partial charge in [-0.25, -0.2) is 0 Å². The van der Waals surface area contributed by atoms with Crippen molar-refractivity contribution in [3.05, 3.63) is 41.1 Å². The first-order valence-corrected chi connectivity index (χ1v) is 5.19. The molecule has 0 radical (unpaired) electrons. The molecule has 2 aromatic rings. The molecule has 2 rings (SSSR count). The molecule has 1 aromatic heterocycles. The van der Waals surface area contributed by atoms with E-state index >= 15 is 0 Å². The van der Waals surface area contributed by atoms with Crippen molar-refractivity contribution in [1.82, 2.24) is 10.2 Å². The number of rotatable bonds is 2. The molecule has 0 saturated heterocycles. The van der Waals surface area contributed by atoms with Crippen molar-refractivity contribution in [1.29, 1.82) is 5.26 Å². The second-order valence-corrected chi connectivity index (χ2v) is 3.91. The summed E-state index contributed by atoms with van der Waals surface area (Å²) in [7, 11) is 0. The zero-order valence-corrected chi connectivity index (χ0v) is 9.41. The Morgan fingerprint density at radius 1 is 1.25 bits per heavy atom. The largest absolute Gasteiger partial charge is 0.281 e. The average molecular weight is 211 g/mol. The third kappa shape index (κ3) is 1.96. The van der Waals surface area contributed by atoms with Crippen LogP contribution in [-0.4, -0.2) is 10.2 Å². The molecular weight excluding hydrogens is 198 g/mol. The van der Waals surface area contributed by atoms with Gasteiger partial charge in [-0.05, 0) is 37.1 Å². The molecule has 0 spiro atoms. The minimum atomic E-state index is 0.373. The van der Waals surface area contributed by atoms with Crippen LogP contribution in [0.3, 0.4) is 0 Å². The Balaban J connectivity index is 2.36. The third-order valence-corrected chi connectivity index (χ3v) is 2.70. The Kier molecular flexibility index (Phi) is 2.74. The number of aromatic amines is 1. The molecule has 3 heteroatoms. The Morgan fingerprint density at radius 3 is 2.75 bits per heavy atom. The van der Waals surface area contributed by atoms with Gasteiger partial charge in [-0.3, -0.25) is 5.10 Å². The van der Waals surface area contributed by atoms with Gasteiger partial charge in [0.15, 0.2) is 0 Å². The number of H-pyrrole nitrogens is 1. The number of aromatic nitrogens is 2. The lowest BCUT2D eigenvalue weighted by atomic mass is 10.0. The van der Waals surface area contributed by atoms with Crippen molar-refractivity contribution in [3.8, 4) is 17.3 Å². The average Bonchev–Trinajstić information content (AvgIpc) is 2.71. The molecule has 1 N–H and O–H groups in total. The van der Waals surface area contributed by atoms with Crippen molar-refractivity contribution >= 4 is 0 Å². The van der Waals surface area contributed by atoms with E-state index < -0.39 is 0 Å². The van der Waals surface area contributed by atoms with E-state index in [9.17, 15) is 0 Å². The first-order valence-electron chi connectivity index (χ1n) is 5.19. The van der Waals surface area contributed by atoms with Gasteiger partial charge in [0, 0.05) is 11.3 Å². The maximum Gasteiger partial charge on any atom is 0.0923 e. The zero-order valence-electron chi connectivity index (χ0n) is 9.41. The van der Waals surface area contributed by atoms with E-state index in [0.29, 0.717) is 6.42 Å². The summed E-state index contributed by atoms with van der Waals surface area (Å²) in [5.74, 6) is 0. The predicted octanol–water partition coefficient (Wildman–Crippen LogP) is 2.76. The standard InChI is InChI=1S/C13H13N3/c1-9-3-4-11(7-10(9)2)13-8-12(5-6-14)15-16-13/h3-4,7-8H,5H2,1-2H3,(H,15,16). The quantitative estimate of drug-likeness (QED) is 0.830. The van der Waals surface area contributed by atoms with Crippen LogP contribution in [0.4, 0.5) is 0 Å². The third-order valence-electron chi connectivity index (χ3n) is 2.70. The molecule has 3 nitrogen and oxygen atoms in total. The van der Waals surface area contributed by atoms with E-state index in [1.807, 2.05) is 6.07 Å². The summed E-state index contributed by atoms with van der Waals surface area (Å²) >= 11 is 0. The van der Waals surface area contributed by atoms with Crippen molar-refractivity contribution in [2.45, 2.75) is 20.3 Å². The minimum Gasteiger partial charge on any atom is -0.281 e. The summed E-state index contributed by atoms with van der Waals surface area (Å²) in [6.07, 6.45) is 0.373. The van der Waals surface area contributed by atoms with E-state index in [0.717, 1.165) is 17.0 Å². The highest BCUT2D eigenvalue weighted by Gasteiger charge is 2.04.